The molecule has 1 aliphatic rings. The second-order valence-corrected chi connectivity index (χ2v) is 8.23. The molecular formula is C25H27N5. The van der Waals surface area contributed by atoms with E-state index in [-0.39, 0.29) is 0 Å². The lowest BCUT2D eigenvalue weighted by Crippen LogP contribution is -2.36. The number of hydrogen-bond acceptors (Lipinski definition) is 4. The smallest absolute Gasteiger partial charge is 0.163 e. The van der Waals surface area contributed by atoms with Crippen LogP contribution in [0.15, 0.2) is 67.3 Å². The van der Waals surface area contributed by atoms with E-state index in [4.69, 9.17) is 10.1 Å². The van der Waals surface area contributed by atoms with E-state index in [0.29, 0.717) is 5.92 Å². The third-order valence-electron chi connectivity index (χ3n) is 6.20. The topological polar surface area (TPSA) is 46.3 Å². The van der Waals surface area contributed by atoms with Gasteiger partial charge in [-0.15, -0.1) is 0 Å². The molecule has 0 aliphatic carbocycles. The number of piperidine rings is 1. The minimum absolute atomic E-state index is 0.477. The summed E-state index contributed by atoms with van der Waals surface area (Å²) in [5.74, 6) is 0.477. The summed E-state index contributed by atoms with van der Waals surface area (Å²) < 4.78 is 2.08. The monoisotopic (exact) mass is 397 g/mol. The highest BCUT2D eigenvalue weighted by molar-refractivity contribution is 5.76. The van der Waals surface area contributed by atoms with E-state index >= 15 is 0 Å². The first-order valence-electron chi connectivity index (χ1n) is 10.8. The minimum Gasteiger partial charge on any atom is -0.302 e. The van der Waals surface area contributed by atoms with Crippen LogP contribution in [0, 0.1) is 6.92 Å². The van der Waals surface area contributed by atoms with Crippen molar-refractivity contribution < 1.29 is 0 Å². The van der Waals surface area contributed by atoms with E-state index < -0.39 is 0 Å². The van der Waals surface area contributed by atoms with E-state index in [0.717, 1.165) is 36.3 Å². The molecule has 30 heavy (non-hydrogen) atoms. The molecule has 1 atom stereocenters. The Morgan fingerprint density at radius 2 is 1.87 bits per heavy atom. The average Bonchev–Trinajstić information content (AvgIpc) is 3.23. The molecule has 152 valence electrons. The van der Waals surface area contributed by atoms with Gasteiger partial charge in [-0.3, -0.25) is 4.98 Å². The first kappa shape index (κ1) is 18.9. The quantitative estimate of drug-likeness (QED) is 0.497. The molecule has 0 bridgehead atoms. The fourth-order valence-electron chi connectivity index (χ4n) is 4.68. The zero-order valence-corrected chi connectivity index (χ0v) is 17.4. The van der Waals surface area contributed by atoms with Crippen molar-refractivity contribution in [1.29, 1.82) is 0 Å². The van der Waals surface area contributed by atoms with Crippen molar-refractivity contribution in [2.24, 2.45) is 0 Å². The van der Waals surface area contributed by atoms with Crippen molar-refractivity contribution in [1.82, 2.24) is 24.5 Å². The van der Waals surface area contributed by atoms with Crippen molar-refractivity contribution in [3.63, 3.8) is 0 Å². The molecule has 0 radical (unpaired) electrons. The normalized spacial score (nSPS) is 17.4. The lowest BCUT2D eigenvalue weighted by molar-refractivity contribution is 0.207. The van der Waals surface area contributed by atoms with E-state index in [1.165, 1.54) is 36.2 Å². The second-order valence-electron chi connectivity index (χ2n) is 8.23. The largest absolute Gasteiger partial charge is 0.302 e. The summed E-state index contributed by atoms with van der Waals surface area (Å²) in [7, 11) is 0. The van der Waals surface area contributed by atoms with Crippen LogP contribution in [0.5, 0.6) is 0 Å². The Kier molecular flexibility index (Phi) is 5.28. The molecule has 1 aromatic carbocycles. The summed E-state index contributed by atoms with van der Waals surface area (Å²) in [5, 5.41) is 4.76. The van der Waals surface area contributed by atoms with Crippen LogP contribution in [0.4, 0.5) is 0 Å². The first-order chi connectivity index (χ1) is 14.8. The maximum Gasteiger partial charge on any atom is 0.163 e. The molecule has 5 rings (SSSR count). The number of aromatic nitrogens is 4. The van der Waals surface area contributed by atoms with Crippen LogP contribution in [0.1, 0.15) is 35.6 Å². The van der Waals surface area contributed by atoms with Crippen LogP contribution >= 0.6 is 0 Å². The van der Waals surface area contributed by atoms with Crippen LogP contribution in [-0.4, -0.2) is 44.1 Å². The number of nitrogens with zero attached hydrogens (tertiary/aromatic N) is 5. The zero-order valence-electron chi connectivity index (χ0n) is 17.4. The Balaban J connectivity index is 1.41. The van der Waals surface area contributed by atoms with Gasteiger partial charge in [0.25, 0.3) is 0 Å². The number of fused-ring (bicyclic) bond motifs is 1. The van der Waals surface area contributed by atoms with Gasteiger partial charge in [-0.1, -0.05) is 30.3 Å². The molecule has 3 aromatic heterocycles. The predicted octanol–water partition coefficient (Wildman–Crippen LogP) is 4.52. The molecule has 4 heterocycles. The lowest BCUT2D eigenvalue weighted by Gasteiger charge is -2.33. The third-order valence-corrected chi connectivity index (χ3v) is 6.20. The van der Waals surface area contributed by atoms with E-state index in [1.54, 1.807) is 0 Å². The van der Waals surface area contributed by atoms with Gasteiger partial charge >= 0.3 is 0 Å². The zero-order chi connectivity index (χ0) is 20.3. The molecule has 1 aliphatic heterocycles. The maximum atomic E-state index is 4.76. The Hall–Kier alpha value is -3.05. The Morgan fingerprint density at radius 3 is 2.70 bits per heavy atom. The number of hydrogen-bond donors (Lipinski definition) is 0. The molecule has 1 saturated heterocycles. The van der Waals surface area contributed by atoms with Gasteiger partial charge in [-0.25, -0.2) is 9.50 Å². The molecule has 4 aromatic rings. The summed E-state index contributed by atoms with van der Waals surface area (Å²) >= 11 is 0. The lowest BCUT2D eigenvalue weighted by atomic mass is 9.92. The second kappa shape index (κ2) is 8.36. The van der Waals surface area contributed by atoms with Crippen molar-refractivity contribution in [3.8, 4) is 11.1 Å². The summed E-state index contributed by atoms with van der Waals surface area (Å²) in [6.07, 6.45) is 11.1. The van der Waals surface area contributed by atoms with Crippen molar-refractivity contribution in [2.45, 2.75) is 32.1 Å². The van der Waals surface area contributed by atoms with Gasteiger partial charge in [-0.2, -0.15) is 5.10 Å². The fraction of sp³-hybridized carbons (Fsp3) is 0.320. The molecule has 1 fully saturated rings. The van der Waals surface area contributed by atoms with Gasteiger partial charge in [-0.05, 0) is 61.6 Å². The number of rotatable bonds is 5. The van der Waals surface area contributed by atoms with E-state index in [1.807, 2.05) is 36.9 Å². The van der Waals surface area contributed by atoms with Gasteiger partial charge in [0, 0.05) is 43.2 Å². The highest BCUT2D eigenvalue weighted by Gasteiger charge is 2.26. The van der Waals surface area contributed by atoms with E-state index in [2.05, 4.69) is 51.7 Å². The molecule has 1 unspecified atom stereocenters. The van der Waals surface area contributed by atoms with Crippen LogP contribution in [0.3, 0.4) is 0 Å². The standard InChI is InChI=1S/C25H27N5/c1-19-16-27-25-23(21-9-12-26-13-10-21)17-28-30(25)24(19)22-8-5-14-29(18-22)15-11-20-6-3-2-4-7-20/h2-4,6-7,9-10,12-13,16-17,22H,5,8,11,14-15,18H2,1H3. The summed E-state index contributed by atoms with van der Waals surface area (Å²) in [6.45, 7) is 5.53. The number of likely N-dealkylation sites (tertiary alicyclic amines) is 1. The van der Waals surface area contributed by atoms with Crippen molar-refractivity contribution in [2.75, 3.05) is 19.6 Å². The summed E-state index contributed by atoms with van der Waals surface area (Å²) in [5.41, 5.74) is 7.05. The molecule has 0 spiro atoms. The SMILES string of the molecule is Cc1cnc2c(-c3ccncc3)cnn2c1C1CCCN(CCc2ccccc2)C1. The molecular weight excluding hydrogens is 370 g/mol. The van der Waals surface area contributed by atoms with Gasteiger partial charge in [0.15, 0.2) is 5.65 Å². The number of benzene rings is 1. The predicted molar refractivity (Wildman–Crippen MR) is 120 cm³/mol. The molecule has 0 N–H and O–H groups in total. The fourth-order valence-corrected chi connectivity index (χ4v) is 4.68. The number of pyridine rings is 1. The van der Waals surface area contributed by atoms with Gasteiger partial charge in [0.2, 0.25) is 0 Å². The Labute approximate surface area is 177 Å². The van der Waals surface area contributed by atoms with E-state index in [9.17, 15) is 0 Å². The molecule has 0 saturated carbocycles. The molecule has 5 heteroatoms. The van der Waals surface area contributed by atoms with Gasteiger partial charge < -0.3 is 4.90 Å². The van der Waals surface area contributed by atoms with Gasteiger partial charge in [0.05, 0.1) is 11.9 Å². The average molecular weight is 398 g/mol. The Bertz CT molecular complexity index is 1120. The maximum absolute atomic E-state index is 4.76. The highest BCUT2D eigenvalue weighted by atomic mass is 15.3. The third kappa shape index (κ3) is 3.73. The van der Waals surface area contributed by atoms with Crippen molar-refractivity contribution in [3.05, 3.63) is 84.1 Å². The van der Waals surface area contributed by atoms with Crippen LogP contribution < -0.4 is 0 Å². The summed E-state index contributed by atoms with van der Waals surface area (Å²) in [4.78, 5) is 11.5. The first-order valence-corrected chi connectivity index (χ1v) is 10.8. The van der Waals surface area contributed by atoms with Crippen LogP contribution in [0.2, 0.25) is 0 Å². The van der Waals surface area contributed by atoms with Crippen LogP contribution in [-0.2, 0) is 6.42 Å². The van der Waals surface area contributed by atoms with Crippen molar-refractivity contribution >= 4 is 5.65 Å². The highest BCUT2D eigenvalue weighted by Crippen LogP contribution is 2.31. The van der Waals surface area contributed by atoms with Gasteiger partial charge in [0.1, 0.15) is 0 Å². The molecule has 5 nitrogen and oxygen atoms in total. The minimum atomic E-state index is 0.477. The molecule has 0 amide bonds. The van der Waals surface area contributed by atoms with Crippen LogP contribution in [0.25, 0.3) is 16.8 Å². The summed E-state index contributed by atoms with van der Waals surface area (Å²) in [6, 6.07) is 14.8. The number of aryl methyl sites for hydroxylation is 1. The Morgan fingerprint density at radius 1 is 1.03 bits per heavy atom.